The van der Waals surface area contributed by atoms with Gasteiger partial charge in [0.1, 0.15) is 0 Å². The highest BCUT2D eigenvalue weighted by molar-refractivity contribution is 5.86. The lowest BCUT2D eigenvalue weighted by molar-refractivity contribution is 0.504. The standard InChI is InChI=1S/C6H12.3ClH/c1-2-4-6-5-3-1;;;/h1-6H2;3*1H. The Bertz CT molecular complexity index is 23.8. The molecule has 1 aliphatic rings. The molecule has 1 aliphatic carbocycles. The third kappa shape index (κ3) is 8.87. The van der Waals surface area contributed by atoms with E-state index in [2.05, 4.69) is 0 Å². The van der Waals surface area contributed by atoms with Gasteiger partial charge in [0.25, 0.3) is 0 Å². The lowest BCUT2D eigenvalue weighted by Crippen LogP contribution is -1.85. The third-order valence-electron chi connectivity index (χ3n) is 1.50. The smallest absolute Gasteiger partial charge is 0.0533 e. The van der Waals surface area contributed by atoms with Crippen LogP contribution >= 0.6 is 37.2 Å². The fraction of sp³-hybridized carbons (Fsp3) is 1.00. The Morgan fingerprint density at radius 1 is 0.333 bits per heavy atom. The fourth-order valence-corrected chi connectivity index (χ4v) is 1.06. The molecule has 0 bridgehead atoms. The summed E-state index contributed by atoms with van der Waals surface area (Å²) in [6.45, 7) is 0. The maximum absolute atomic E-state index is 1.50. The van der Waals surface area contributed by atoms with Crippen LogP contribution in [0.3, 0.4) is 0 Å². The predicted molar refractivity (Wildman–Crippen MR) is 49.4 cm³/mol. The van der Waals surface area contributed by atoms with Crippen LogP contribution in [-0.2, 0) is 0 Å². The Balaban J connectivity index is -0.000000120. The molecule has 0 unspecified atom stereocenters. The molecule has 0 aromatic heterocycles. The van der Waals surface area contributed by atoms with Crippen molar-refractivity contribution in [3.8, 4) is 0 Å². The van der Waals surface area contributed by atoms with Crippen molar-refractivity contribution >= 4 is 37.2 Å². The van der Waals surface area contributed by atoms with Crippen LogP contribution < -0.4 is 0 Å². The van der Waals surface area contributed by atoms with E-state index in [0.717, 1.165) is 0 Å². The van der Waals surface area contributed by atoms with Crippen molar-refractivity contribution in [2.45, 2.75) is 38.5 Å². The maximum Gasteiger partial charge on any atom is -0.0533 e. The second-order valence-electron chi connectivity index (χ2n) is 2.12. The number of hydrogen-bond donors (Lipinski definition) is 0. The topological polar surface area (TPSA) is 0 Å². The average Bonchev–Trinajstić information content (AvgIpc) is 1.72. The summed E-state index contributed by atoms with van der Waals surface area (Å²) in [4.78, 5) is 0. The zero-order chi connectivity index (χ0) is 4.24. The van der Waals surface area contributed by atoms with E-state index in [-0.39, 0.29) is 37.2 Å². The quantitative estimate of drug-likeness (QED) is 0.551. The maximum atomic E-state index is 1.50. The Kier molecular flexibility index (Phi) is 21.3. The lowest BCUT2D eigenvalue weighted by Gasteiger charge is -2.05. The second kappa shape index (κ2) is 11.6. The molecule has 0 aromatic rings. The van der Waals surface area contributed by atoms with E-state index in [9.17, 15) is 0 Å². The Labute approximate surface area is 76.0 Å². The van der Waals surface area contributed by atoms with Crippen molar-refractivity contribution in [3.05, 3.63) is 0 Å². The summed E-state index contributed by atoms with van der Waals surface area (Å²) >= 11 is 0. The van der Waals surface area contributed by atoms with Gasteiger partial charge in [0.05, 0.1) is 0 Å². The average molecular weight is 194 g/mol. The van der Waals surface area contributed by atoms with Gasteiger partial charge in [-0.2, -0.15) is 0 Å². The minimum atomic E-state index is 0. The van der Waals surface area contributed by atoms with E-state index in [1.165, 1.54) is 38.5 Å². The first-order valence-electron chi connectivity index (χ1n) is 3.00. The van der Waals surface area contributed by atoms with Gasteiger partial charge in [0, 0.05) is 0 Å². The first-order chi connectivity index (χ1) is 3.00. The van der Waals surface area contributed by atoms with Crippen molar-refractivity contribution in [1.82, 2.24) is 0 Å². The molecule has 0 aromatic carbocycles. The van der Waals surface area contributed by atoms with Crippen LogP contribution in [0, 0.1) is 0 Å². The molecule has 9 heavy (non-hydrogen) atoms. The molecule has 0 saturated heterocycles. The Morgan fingerprint density at radius 2 is 0.444 bits per heavy atom. The molecule has 1 saturated carbocycles. The van der Waals surface area contributed by atoms with Crippen LogP contribution in [0.1, 0.15) is 38.5 Å². The molecule has 0 spiro atoms. The van der Waals surface area contributed by atoms with Gasteiger partial charge in [-0.15, -0.1) is 37.2 Å². The highest BCUT2D eigenvalue weighted by Crippen LogP contribution is 2.15. The minimum absolute atomic E-state index is 0. The molecule has 0 N–H and O–H groups in total. The first-order valence-corrected chi connectivity index (χ1v) is 3.00. The first kappa shape index (κ1) is 16.5. The Hall–Kier alpha value is 0.870. The lowest BCUT2D eigenvalue weighted by atomic mass is 10.0. The van der Waals surface area contributed by atoms with Crippen molar-refractivity contribution in [3.63, 3.8) is 0 Å². The van der Waals surface area contributed by atoms with E-state index < -0.39 is 0 Å². The van der Waals surface area contributed by atoms with Crippen LogP contribution in [0.5, 0.6) is 0 Å². The SMILES string of the molecule is C1CCCCC1.Cl.Cl.Cl. The van der Waals surface area contributed by atoms with E-state index in [0.29, 0.717) is 0 Å². The van der Waals surface area contributed by atoms with Gasteiger partial charge in [0.2, 0.25) is 0 Å². The molecule has 0 radical (unpaired) electrons. The predicted octanol–water partition coefficient (Wildman–Crippen LogP) is 3.61. The van der Waals surface area contributed by atoms with E-state index in [1.54, 1.807) is 0 Å². The highest BCUT2D eigenvalue weighted by Gasteiger charge is 1.95. The highest BCUT2D eigenvalue weighted by atomic mass is 35.5. The van der Waals surface area contributed by atoms with Gasteiger partial charge in [0.15, 0.2) is 0 Å². The monoisotopic (exact) mass is 192 g/mol. The van der Waals surface area contributed by atoms with Crippen LogP contribution in [-0.4, -0.2) is 0 Å². The molecule has 0 heterocycles. The third-order valence-corrected chi connectivity index (χ3v) is 1.50. The number of hydrogen-bond acceptors (Lipinski definition) is 0. The van der Waals surface area contributed by atoms with Crippen molar-refractivity contribution in [2.24, 2.45) is 0 Å². The van der Waals surface area contributed by atoms with E-state index in [4.69, 9.17) is 0 Å². The van der Waals surface area contributed by atoms with Gasteiger partial charge in [-0.05, 0) is 0 Å². The largest absolute Gasteiger partial charge is 0.147 e. The molecule has 0 aliphatic heterocycles. The van der Waals surface area contributed by atoms with Crippen molar-refractivity contribution in [2.75, 3.05) is 0 Å². The molecule has 0 amide bonds. The van der Waals surface area contributed by atoms with Crippen molar-refractivity contribution in [1.29, 1.82) is 0 Å². The van der Waals surface area contributed by atoms with Gasteiger partial charge in [-0.25, -0.2) is 0 Å². The zero-order valence-electron chi connectivity index (χ0n) is 5.47. The normalized spacial score (nSPS) is 16.0. The minimum Gasteiger partial charge on any atom is -0.147 e. The molecular weight excluding hydrogens is 178 g/mol. The van der Waals surface area contributed by atoms with Crippen LogP contribution in [0.4, 0.5) is 0 Å². The summed E-state index contributed by atoms with van der Waals surface area (Å²) in [6.07, 6.45) is 9.00. The summed E-state index contributed by atoms with van der Waals surface area (Å²) in [5.41, 5.74) is 0. The molecule has 1 rings (SSSR count). The van der Waals surface area contributed by atoms with Gasteiger partial charge < -0.3 is 0 Å². The van der Waals surface area contributed by atoms with Crippen molar-refractivity contribution < 1.29 is 0 Å². The van der Waals surface area contributed by atoms with E-state index in [1.807, 2.05) is 0 Å². The zero-order valence-corrected chi connectivity index (χ0v) is 7.92. The Morgan fingerprint density at radius 3 is 0.556 bits per heavy atom. The summed E-state index contributed by atoms with van der Waals surface area (Å²) in [5.74, 6) is 0. The van der Waals surface area contributed by atoms with Gasteiger partial charge in [-0.1, -0.05) is 38.5 Å². The van der Waals surface area contributed by atoms with Gasteiger partial charge in [-0.3, -0.25) is 0 Å². The molecule has 3 heteroatoms. The molecule has 0 atom stereocenters. The second-order valence-corrected chi connectivity index (χ2v) is 2.12. The van der Waals surface area contributed by atoms with Gasteiger partial charge >= 0.3 is 0 Å². The van der Waals surface area contributed by atoms with E-state index >= 15 is 0 Å². The molecular formula is C6H15Cl3. The number of halogens is 3. The van der Waals surface area contributed by atoms with Crippen LogP contribution in [0.25, 0.3) is 0 Å². The summed E-state index contributed by atoms with van der Waals surface area (Å²) in [6, 6.07) is 0. The van der Waals surface area contributed by atoms with Crippen LogP contribution in [0.2, 0.25) is 0 Å². The summed E-state index contributed by atoms with van der Waals surface area (Å²) in [7, 11) is 0. The fourth-order valence-electron chi connectivity index (χ4n) is 1.06. The number of rotatable bonds is 0. The van der Waals surface area contributed by atoms with Crippen LogP contribution in [0.15, 0.2) is 0 Å². The molecule has 60 valence electrons. The molecule has 1 fully saturated rings. The summed E-state index contributed by atoms with van der Waals surface area (Å²) in [5, 5.41) is 0. The molecule has 0 nitrogen and oxygen atoms in total. The summed E-state index contributed by atoms with van der Waals surface area (Å²) < 4.78 is 0.